The Morgan fingerprint density at radius 1 is 1.00 bits per heavy atom. The maximum absolute atomic E-state index is 13.8. The van der Waals surface area contributed by atoms with Crippen LogP contribution in [0, 0.1) is 30.2 Å². The number of carbonyl (C=O) groups is 1. The molecular weight excluding hydrogens is 454 g/mol. The summed E-state index contributed by atoms with van der Waals surface area (Å²) in [6.45, 7) is 1.25. The van der Waals surface area contributed by atoms with Crippen LogP contribution in [-0.4, -0.2) is 36.5 Å². The van der Waals surface area contributed by atoms with Gasteiger partial charge >= 0.3 is 6.03 Å². The molecule has 3 aromatic rings. The summed E-state index contributed by atoms with van der Waals surface area (Å²) >= 11 is 0. The minimum Gasteiger partial charge on any atom is -0.337 e. The molecular formula is C19H17F4N5O3S. The summed E-state index contributed by atoms with van der Waals surface area (Å²) in [4.78, 5) is 11.9. The predicted octanol–water partition coefficient (Wildman–Crippen LogP) is 3.30. The van der Waals surface area contributed by atoms with Crippen molar-refractivity contribution in [1.82, 2.24) is 15.1 Å². The van der Waals surface area contributed by atoms with Crippen molar-refractivity contribution in [3.63, 3.8) is 0 Å². The van der Waals surface area contributed by atoms with Crippen LogP contribution < -0.4 is 15.4 Å². The Kier molecular flexibility index (Phi) is 6.67. The molecule has 0 aliphatic rings. The SMILES string of the molecule is Cc1ccc(NS(=O)(=O)CCNC(=O)Nc2ccn(-c3cc(F)c(F)cc3F)n2)cc1F. The molecule has 8 nitrogen and oxygen atoms in total. The standard InChI is InChI=1S/C19H17F4N5O3S/c1-11-2-3-12(8-13(11)20)27-32(30,31)7-5-24-19(29)25-18-4-6-28(26-18)17-10-15(22)14(21)9-16(17)23/h2-4,6,8-10,27H,5,7H2,1H3,(H2,24,25,26,29). The molecule has 0 radical (unpaired) electrons. The number of rotatable bonds is 7. The fourth-order valence-electron chi connectivity index (χ4n) is 2.56. The van der Waals surface area contributed by atoms with Crippen LogP contribution in [0.1, 0.15) is 5.56 Å². The van der Waals surface area contributed by atoms with E-state index in [1.807, 2.05) is 0 Å². The molecule has 0 unspecified atom stereocenters. The van der Waals surface area contributed by atoms with Crippen LogP contribution in [-0.2, 0) is 10.0 Å². The van der Waals surface area contributed by atoms with E-state index in [1.165, 1.54) is 31.3 Å². The van der Waals surface area contributed by atoms with Crippen LogP contribution >= 0.6 is 0 Å². The Hall–Kier alpha value is -3.61. The van der Waals surface area contributed by atoms with Crippen molar-refractivity contribution in [3.05, 3.63) is 71.4 Å². The largest absolute Gasteiger partial charge is 0.337 e. The van der Waals surface area contributed by atoms with Gasteiger partial charge in [-0.05, 0) is 24.6 Å². The van der Waals surface area contributed by atoms with E-state index in [9.17, 15) is 30.8 Å². The van der Waals surface area contributed by atoms with Crippen LogP contribution in [0.3, 0.4) is 0 Å². The first-order chi connectivity index (χ1) is 15.0. The zero-order valence-corrected chi connectivity index (χ0v) is 17.3. The zero-order valence-electron chi connectivity index (χ0n) is 16.5. The number of sulfonamides is 1. The smallest absolute Gasteiger partial charge is 0.320 e. The van der Waals surface area contributed by atoms with E-state index >= 15 is 0 Å². The third-order valence-electron chi connectivity index (χ3n) is 4.17. The quantitative estimate of drug-likeness (QED) is 0.363. The number of amides is 2. The van der Waals surface area contributed by atoms with Gasteiger partial charge in [0, 0.05) is 30.9 Å². The highest BCUT2D eigenvalue weighted by molar-refractivity contribution is 7.92. The number of nitrogens with one attached hydrogen (secondary N) is 3. The molecule has 170 valence electrons. The summed E-state index contributed by atoms with van der Waals surface area (Å²) in [5.41, 5.74) is 0.0376. The lowest BCUT2D eigenvalue weighted by molar-refractivity contribution is 0.252. The van der Waals surface area contributed by atoms with Gasteiger partial charge in [-0.3, -0.25) is 10.0 Å². The molecule has 0 bridgehead atoms. The predicted molar refractivity (Wildman–Crippen MR) is 109 cm³/mol. The molecule has 32 heavy (non-hydrogen) atoms. The van der Waals surface area contributed by atoms with Crippen molar-refractivity contribution in [2.45, 2.75) is 6.92 Å². The summed E-state index contributed by atoms with van der Waals surface area (Å²) in [5.74, 6) is -4.80. The van der Waals surface area contributed by atoms with Gasteiger partial charge < -0.3 is 5.32 Å². The van der Waals surface area contributed by atoms with E-state index < -0.39 is 45.1 Å². The number of halogens is 4. The second-order valence-electron chi connectivity index (χ2n) is 6.63. The van der Waals surface area contributed by atoms with Gasteiger partial charge in [-0.15, -0.1) is 5.10 Å². The summed E-state index contributed by atoms with van der Waals surface area (Å²) in [5, 5.41) is 8.41. The molecule has 2 amide bonds. The summed E-state index contributed by atoms with van der Waals surface area (Å²) in [7, 11) is -3.86. The average molecular weight is 471 g/mol. The van der Waals surface area contributed by atoms with Crippen LogP contribution in [0.25, 0.3) is 5.69 Å². The van der Waals surface area contributed by atoms with Gasteiger partial charge in [-0.25, -0.2) is 35.5 Å². The first-order valence-electron chi connectivity index (χ1n) is 9.06. The van der Waals surface area contributed by atoms with Gasteiger partial charge in [0.1, 0.15) is 11.5 Å². The highest BCUT2D eigenvalue weighted by Crippen LogP contribution is 2.18. The van der Waals surface area contributed by atoms with E-state index in [0.717, 1.165) is 10.7 Å². The number of aryl methyl sites for hydroxylation is 1. The van der Waals surface area contributed by atoms with Crippen molar-refractivity contribution in [2.24, 2.45) is 0 Å². The Bertz CT molecular complexity index is 1260. The Balaban J connectivity index is 1.53. The van der Waals surface area contributed by atoms with Gasteiger partial charge in [-0.1, -0.05) is 6.07 Å². The first kappa shape index (κ1) is 23.1. The molecule has 0 aliphatic carbocycles. The number of anilines is 2. The van der Waals surface area contributed by atoms with Crippen molar-refractivity contribution in [1.29, 1.82) is 0 Å². The van der Waals surface area contributed by atoms with Gasteiger partial charge in [0.15, 0.2) is 23.3 Å². The Morgan fingerprint density at radius 2 is 1.72 bits per heavy atom. The van der Waals surface area contributed by atoms with E-state index in [1.54, 1.807) is 0 Å². The maximum Gasteiger partial charge on any atom is 0.320 e. The molecule has 0 saturated carbocycles. The molecule has 0 fully saturated rings. The number of urea groups is 1. The number of benzene rings is 2. The van der Waals surface area contributed by atoms with E-state index in [4.69, 9.17) is 0 Å². The normalized spacial score (nSPS) is 11.3. The molecule has 1 heterocycles. The van der Waals surface area contributed by atoms with Crippen LogP contribution in [0.15, 0.2) is 42.6 Å². The van der Waals surface area contributed by atoms with Crippen molar-refractivity contribution in [2.75, 3.05) is 22.3 Å². The third kappa shape index (κ3) is 5.75. The molecule has 3 rings (SSSR count). The van der Waals surface area contributed by atoms with Gasteiger partial charge in [0.05, 0.1) is 11.4 Å². The molecule has 0 aliphatic heterocycles. The van der Waals surface area contributed by atoms with Crippen LogP contribution in [0.4, 0.5) is 33.9 Å². The minimum atomic E-state index is -3.86. The zero-order chi connectivity index (χ0) is 23.5. The molecule has 3 N–H and O–H groups in total. The fourth-order valence-corrected chi connectivity index (χ4v) is 3.52. The highest BCUT2D eigenvalue weighted by atomic mass is 32.2. The number of hydrogen-bond acceptors (Lipinski definition) is 4. The Morgan fingerprint density at radius 3 is 2.44 bits per heavy atom. The van der Waals surface area contributed by atoms with Gasteiger partial charge in [-0.2, -0.15) is 0 Å². The second kappa shape index (κ2) is 9.26. The van der Waals surface area contributed by atoms with E-state index in [2.05, 4.69) is 20.5 Å². The van der Waals surface area contributed by atoms with Crippen LogP contribution in [0.5, 0.6) is 0 Å². The monoisotopic (exact) mass is 471 g/mol. The number of aromatic nitrogens is 2. The molecule has 2 aromatic carbocycles. The minimum absolute atomic E-state index is 0.0487. The van der Waals surface area contributed by atoms with Crippen molar-refractivity contribution >= 4 is 27.6 Å². The lowest BCUT2D eigenvalue weighted by Gasteiger charge is -2.10. The maximum atomic E-state index is 13.8. The number of carbonyl (C=O) groups excluding carboxylic acids is 1. The molecule has 13 heteroatoms. The number of nitrogens with zero attached hydrogens (tertiary/aromatic N) is 2. The molecule has 0 spiro atoms. The highest BCUT2D eigenvalue weighted by Gasteiger charge is 2.15. The summed E-state index contributed by atoms with van der Waals surface area (Å²) < 4.78 is 80.9. The second-order valence-corrected chi connectivity index (χ2v) is 8.47. The fraction of sp³-hybridized carbons (Fsp3) is 0.158. The molecule has 1 aromatic heterocycles. The van der Waals surface area contributed by atoms with E-state index in [0.29, 0.717) is 17.7 Å². The first-order valence-corrected chi connectivity index (χ1v) is 10.7. The van der Waals surface area contributed by atoms with Gasteiger partial charge in [0.2, 0.25) is 10.0 Å². The van der Waals surface area contributed by atoms with Crippen LogP contribution in [0.2, 0.25) is 0 Å². The number of hydrogen-bond donors (Lipinski definition) is 3. The summed E-state index contributed by atoms with van der Waals surface area (Å²) in [6.07, 6.45) is 1.21. The third-order valence-corrected chi connectivity index (χ3v) is 5.46. The topological polar surface area (TPSA) is 105 Å². The lowest BCUT2D eigenvalue weighted by Crippen LogP contribution is -2.34. The summed E-state index contributed by atoms with van der Waals surface area (Å²) in [6, 6.07) is 5.30. The lowest BCUT2D eigenvalue weighted by atomic mass is 10.2. The van der Waals surface area contributed by atoms with E-state index in [-0.39, 0.29) is 23.7 Å². The molecule has 0 saturated heterocycles. The van der Waals surface area contributed by atoms with Crippen molar-refractivity contribution in [3.8, 4) is 5.69 Å². The Labute approximate surface area is 180 Å². The average Bonchev–Trinajstić information content (AvgIpc) is 3.15. The molecule has 0 atom stereocenters. The van der Waals surface area contributed by atoms with Crippen molar-refractivity contribution < 1.29 is 30.8 Å². The van der Waals surface area contributed by atoms with Gasteiger partial charge in [0.25, 0.3) is 0 Å².